The van der Waals surface area contributed by atoms with Crippen LogP contribution in [0, 0.1) is 18.8 Å². The predicted octanol–water partition coefficient (Wildman–Crippen LogP) is 3.23. The SMILES string of the molecule is Cc1ccc([C@@H]2C[C@@H]2C(=O)N[C@H](CC(C)C)c2nc(-c3ncn[nH]3)no2)s1. The van der Waals surface area contributed by atoms with Gasteiger partial charge in [0.05, 0.1) is 0 Å². The Hall–Kier alpha value is -2.55. The molecule has 9 heteroatoms. The van der Waals surface area contributed by atoms with Crippen LogP contribution in [0.1, 0.15) is 54.3 Å². The normalized spacial score (nSPS) is 20.0. The highest BCUT2D eigenvalue weighted by Gasteiger charge is 2.45. The second-order valence-electron chi connectivity index (χ2n) is 7.38. The summed E-state index contributed by atoms with van der Waals surface area (Å²) in [6.45, 7) is 6.29. The molecule has 3 aromatic rings. The maximum Gasteiger partial charge on any atom is 0.249 e. The summed E-state index contributed by atoms with van der Waals surface area (Å²) in [4.78, 5) is 23.8. The predicted molar refractivity (Wildman–Crippen MR) is 99.9 cm³/mol. The molecular weight excluding hydrogens is 364 g/mol. The Bertz CT molecular complexity index is 916. The number of nitrogens with one attached hydrogen (secondary N) is 2. The van der Waals surface area contributed by atoms with Gasteiger partial charge in [0, 0.05) is 21.6 Å². The van der Waals surface area contributed by atoms with Crippen molar-refractivity contribution in [2.24, 2.45) is 11.8 Å². The number of aromatic nitrogens is 5. The lowest BCUT2D eigenvalue weighted by Crippen LogP contribution is -2.31. The van der Waals surface area contributed by atoms with Crippen LogP contribution in [0.3, 0.4) is 0 Å². The quantitative estimate of drug-likeness (QED) is 0.645. The van der Waals surface area contributed by atoms with Crippen LogP contribution >= 0.6 is 11.3 Å². The van der Waals surface area contributed by atoms with Gasteiger partial charge in [-0.3, -0.25) is 9.89 Å². The molecule has 0 radical (unpaired) electrons. The molecule has 8 nitrogen and oxygen atoms in total. The van der Waals surface area contributed by atoms with Gasteiger partial charge in [-0.15, -0.1) is 11.3 Å². The lowest BCUT2D eigenvalue weighted by Gasteiger charge is -2.17. The summed E-state index contributed by atoms with van der Waals surface area (Å²) >= 11 is 1.77. The number of aryl methyl sites for hydroxylation is 1. The topological polar surface area (TPSA) is 110 Å². The summed E-state index contributed by atoms with van der Waals surface area (Å²) < 4.78 is 5.41. The average Bonchev–Trinajstić information content (AvgIpc) is 3.04. The van der Waals surface area contributed by atoms with Gasteiger partial charge in [-0.05, 0) is 37.8 Å². The number of carbonyl (C=O) groups excluding carboxylic acids is 1. The van der Waals surface area contributed by atoms with E-state index in [1.807, 2.05) is 0 Å². The second-order valence-corrected chi connectivity index (χ2v) is 8.70. The molecule has 0 unspecified atom stereocenters. The number of amides is 1. The number of aromatic amines is 1. The molecule has 3 atom stereocenters. The Labute approximate surface area is 160 Å². The number of hydrogen-bond acceptors (Lipinski definition) is 7. The summed E-state index contributed by atoms with van der Waals surface area (Å²) in [5, 5.41) is 13.6. The Morgan fingerprint density at radius 1 is 1.44 bits per heavy atom. The van der Waals surface area contributed by atoms with Gasteiger partial charge in [0.25, 0.3) is 0 Å². The number of rotatable bonds is 7. The molecule has 0 aliphatic heterocycles. The molecule has 0 aromatic carbocycles. The summed E-state index contributed by atoms with van der Waals surface area (Å²) in [6, 6.07) is 3.93. The molecule has 1 aliphatic carbocycles. The van der Waals surface area contributed by atoms with Gasteiger partial charge in [-0.2, -0.15) is 10.1 Å². The van der Waals surface area contributed by atoms with E-state index in [9.17, 15) is 4.79 Å². The van der Waals surface area contributed by atoms with Crippen LogP contribution in [0.5, 0.6) is 0 Å². The minimum absolute atomic E-state index is 0.0226. The van der Waals surface area contributed by atoms with E-state index in [4.69, 9.17) is 4.52 Å². The van der Waals surface area contributed by atoms with Gasteiger partial charge < -0.3 is 9.84 Å². The van der Waals surface area contributed by atoms with Crippen LogP contribution < -0.4 is 5.32 Å². The van der Waals surface area contributed by atoms with E-state index >= 15 is 0 Å². The van der Waals surface area contributed by atoms with E-state index in [2.05, 4.69) is 63.5 Å². The van der Waals surface area contributed by atoms with Crippen LogP contribution in [0.4, 0.5) is 0 Å². The minimum atomic E-state index is -0.312. The first-order chi connectivity index (χ1) is 13.0. The molecule has 3 heterocycles. The van der Waals surface area contributed by atoms with Crippen LogP contribution in [-0.2, 0) is 4.79 Å². The molecule has 1 saturated carbocycles. The Balaban J connectivity index is 1.46. The van der Waals surface area contributed by atoms with E-state index in [0.717, 1.165) is 12.8 Å². The van der Waals surface area contributed by atoms with Crippen molar-refractivity contribution in [3.05, 3.63) is 34.1 Å². The first-order valence-electron chi connectivity index (χ1n) is 9.07. The first kappa shape index (κ1) is 17.8. The maximum absolute atomic E-state index is 12.8. The highest BCUT2D eigenvalue weighted by molar-refractivity contribution is 7.12. The second kappa shape index (κ2) is 7.22. The van der Waals surface area contributed by atoms with Crippen molar-refractivity contribution in [2.45, 2.75) is 45.6 Å². The summed E-state index contributed by atoms with van der Waals surface area (Å²) in [5.74, 6) is 1.94. The number of hydrogen-bond donors (Lipinski definition) is 2. The monoisotopic (exact) mass is 386 g/mol. The first-order valence-corrected chi connectivity index (χ1v) is 9.89. The molecule has 1 aliphatic rings. The van der Waals surface area contributed by atoms with Crippen molar-refractivity contribution >= 4 is 17.2 Å². The molecule has 0 bridgehead atoms. The zero-order valence-electron chi connectivity index (χ0n) is 15.5. The summed E-state index contributed by atoms with van der Waals surface area (Å²) in [6.07, 6.45) is 3.00. The molecule has 2 N–H and O–H groups in total. The zero-order chi connectivity index (χ0) is 19.0. The van der Waals surface area contributed by atoms with Crippen molar-refractivity contribution in [1.82, 2.24) is 30.6 Å². The molecule has 0 spiro atoms. The Morgan fingerprint density at radius 3 is 2.96 bits per heavy atom. The highest BCUT2D eigenvalue weighted by Crippen LogP contribution is 2.50. The third-order valence-corrected chi connectivity index (χ3v) is 5.78. The van der Waals surface area contributed by atoms with Gasteiger partial charge in [0.2, 0.25) is 17.6 Å². The lowest BCUT2D eigenvalue weighted by atomic mass is 10.0. The van der Waals surface area contributed by atoms with Gasteiger partial charge in [-0.25, -0.2) is 4.98 Å². The van der Waals surface area contributed by atoms with Gasteiger partial charge in [-0.1, -0.05) is 19.0 Å². The maximum atomic E-state index is 12.8. The van der Waals surface area contributed by atoms with Gasteiger partial charge in [0.1, 0.15) is 12.4 Å². The number of H-pyrrole nitrogens is 1. The molecule has 3 aromatic heterocycles. The fourth-order valence-corrected chi connectivity index (χ4v) is 4.27. The van der Waals surface area contributed by atoms with Crippen molar-refractivity contribution < 1.29 is 9.32 Å². The van der Waals surface area contributed by atoms with Crippen molar-refractivity contribution in [3.8, 4) is 11.6 Å². The largest absolute Gasteiger partial charge is 0.344 e. The standard InChI is InChI=1S/C18H22N6O2S/c1-9(2)6-13(18-22-16(24-26-18)15-19-8-20-23-15)21-17(25)12-7-11(12)14-5-4-10(3)27-14/h4-5,8-9,11-13H,6-7H2,1-3H3,(H,21,25)(H,19,20,23)/t11-,12+,13-/m1/s1. The highest BCUT2D eigenvalue weighted by atomic mass is 32.1. The van der Waals surface area contributed by atoms with E-state index < -0.39 is 0 Å². The molecule has 1 amide bonds. The Kier molecular flexibility index (Phi) is 4.77. The van der Waals surface area contributed by atoms with Crippen molar-refractivity contribution in [2.75, 3.05) is 0 Å². The minimum Gasteiger partial charge on any atom is -0.344 e. The summed E-state index contributed by atoms with van der Waals surface area (Å²) in [5.41, 5.74) is 0. The zero-order valence-corrected chi connectivity index (χ0v) is 16.3. The number of thiophene rings is 1. The van der Waals surface area contributed by atoms with Crippen molar-refractivity contribution in [3.63, 3.8) is 0 Å². The number of carbonyl (C=O) groups is 1. The van der Waals surface area contributed by atoms with E-state index in [0.29, 0.717) is 29.4 Å². The fraction of sp³-hybridized carbons (Fsp3) is 0.500. The van der Waals surface area contributed by atoms with Crippen LogP contribution in [-0.4, -0.2) is 31.2 Å². The third kappa shape index (κ3) is 3.92. The Morgan fingerprint density at radius 2 is 2.30 bits per heavy atom. The van der Waals surface area contributed by atoms with Crippen molar-refractivity contribution in [1.29, 1.82) is 0 Å². The lowest BCUT2D eigenvalue weighted by molar-refractivity contribution is -0.123. The van der Waals surface area contributed by atoms with E-state index in [1.54, 1.807) is 11.3 Å². The van der Waals surface area contributed by atoms with Gasteiger partial charge in [0.15, 0.2) is 5.82 Å². The molecule has 4 rings (SSSR count). The van der Waals surface area contributed by atoms with Gasteiger partial charge >= 0.3 is 0 Å². The molecule has 0 saturated heterocycles. The smallest absolute Gasteiger partial charge is 0.249 e. The average molecular weight is 386 g/mol. The number of nitrogens with zero attached hydrogens (tertiary/aromatic N) is 4. The molecule has 27 heavy (non-hydrogen) atoms. The molecule has 142 valence electrons. The van der Waals surface area contributed by atoms with Crippen LogP contribution in [0.2, 0.25) is 0 Å². The van der Waals surface area contributed by atoms with Crippen LogP contribution in [0.25, 0.3) is 11.6 Å². The third-order valence-electron chi connectivity index (χ3n) is 4.64. The van der Waals surface area contributed by atoms with E-state index in [1.165, 1.54) is 16.1 Å². The molecule has 1 fully saturated rings. The van der Waals surface area contributed by atoms with Crippen LogP contribution in [0.15, 0.2) is 23.0 Å². The fourth-order valence-electron chi connectivity index (χ4n) is 3.21. The summed E-state index contributed by atoms with van der Waals surface area (Å²) in [7, 11) is 0. The molecular formula is C18H22N6O2S. The van der Waals surface area contributed by atoms with E-state index in [-0.39, 0.29) is 17.9 Å².